The molecule has 1 aliphatic carbocycles. The first-order valence-corrected chi connectivity index (χ1v) is 7.26. The van der Waals surface area contributed by atoms with E-state index in [0.717, 1.165) is 11.1 Å². The van der Waals surface area contributed by atoms with E-state index in [1.165, 1.54) is 21.9 Å². The molecule has 0 aromatic heterocycles. The quantitative estimate of drug-likeness (QED) is 0.626. The number of hydrogen-bond donors (Lipinski definition) is 0. The third-order valence-electron chi connectivity index (χ3n) is 4.88. The van der Waals surface area contributed by atoms with Gasteiger partial charge in [0.2, 0.25) is 0 Å². The summed E-state index contributed by atoms with van der Waals surface area (Å²) >= 11 is 0. The molecule has 0 fully saturated rings. The van der Waals surface area contributed by atoms with E-state index in [9.17, 15) is 4.79 Å². The summed E-state index contributed by atoms with van der Waals surface area (Å²) in [6.45, 7) is 3.75. The molecule has 0 spiro atoms. The number of fused-ring (bicyclic) bond motifs is 4. The summed E-state index contributed by atoms with van der Waals surface area (Å²) < 4.78 is 0. The molecule has 0 N–H and O–H groups in total. The average Bonchev–Trinajstić information content (AvgIpc) is 2.76. The zero-order valence-electron chi connectivity index (χ0n) is 12.2. The minimum Gasteiger partial charge on any atom is -0.299 e. The Bertz CT molecular complexity index is 891. The summed E-state index contributed by atoms with van der Waals surface area (Å²) in [6.07, 6.45) is 0. The molecule has 0 heterocycles. The normalized spacial score (nSPS) is 19.3. The van der Waals surface area contributed by atoms with Gasteiger partial charge < -0.3 is 0 Å². The van der Waals surface area contributed by atoms with Crippen LogP contribution in [-0.4, -0.2) is 5.78 Å². The maximum Gasteiger partial charge on any atom is 0.144 e. The average molecular weight is 272 g/mol. The van der Waals surface area contributed by atoms with Crippen LogP contribution in [0.2, 0.25) is 0 Å². The van der Waals surface area contributed by atoms with Gasteiger partial charge >= 0.3 is 0 Å². The number of rotatable bonds is 1. The predicted molar refractivity (Wildman–Crippen MR) is 86.5 cm³/mol. The molecule has 1 nitrogen and oxygen atoms in total. The highest BCUT2D eigenvalue weighted by Gasteiger charge is 2.42. The summed E-state index contributed by atoms with van der Waals surface area (Å²) in [5, 5.41) is 2.41. The Hall–Kier alpha value is -2.41. The first kappa shape index (κ1) is 12.3. The van der Waals surface area contributed by atoms with Gasteiger partial charge in [-0.15, -0.1) is 0 Å². The van der Waals surface area contributed by atoms with Crippen molar-refractivity contribution in [1.82, 2.24) is 0 Å². The van der Waals surface area contributed by atoms with Crippen LogP contribution in [0.3, 0.4) is 0 Å². The number of carbonyl (C=O) groups is 1. The third kappa shape index (κ3) is 1.49. The molecule has 21 heavy (non-hydrogen) atoms. The van der Waals surface area contributed by atoms with Gasteiger partial charge in [0.1, 0.15) is 5.78 Å². The molecule has 4 rings (SSSR count). The first-order valence-electron chi connectivity index (χ1n) is 7.26. The molecule has 0 saturated carbocycles. The Morgan fingerprint density at radius 3 is 2.14 bits per heavy atom. The second-order valence-corrected chi connectivity index (χ2v) is 5.97. The van der Waals surface area contributed by atoms with Crippen LogP contribution in [0.15, 0.2) is 60.7 Å². The van der Waals surface area contributed by atoms with E-state index >= 15 is 0 Å². The molecule has 0 saturated heterocycles. The van der Waals surface area contributed by atoms with Gasteiger partial charge in [-0.3, -0.25) is 4.79 Å². The molecule has 1 heteroatoms. The van der Waals surface area contributed by atoms with Crippen LogP contribution in [0.4, 0.5) is 0 Å². The molecule has 0 amide bonds. The Labute approximate surface area is 124 Å². The summed E-state index contributed by atoms with van der Waals surface area (Å²) in [5.41, 5.74) is 4.12. The summed E-state index contributed by atoms with van der Waals surface area (Å²) in [7, 11) is 0. The molecule has 0 aliphatic heterocycles. The van der Waals surface area contributed by atoms with E-state index in [1.54, 1.807) is 6.92 Å². The van der Waals surface area contributed by atoms with Gasteiger partial charge in [0.05, 0.1) is 5.41 Å². The van der Waals surface area contributed by atoms with E-state index in [1.807, 2.05) is 18.2 Å². The molecular formula is C20H16O. The molecule has 1 atom stereocenters. The van der Waals surface area contributed by atoms with E-state index in [2.05, 4.69) is 49.4 Å². The van der Waals surface area contributed by atoms with Crippen molar-refractivity contribution in [3.63, 3.8) is 0 Å². The van der Waals surface area contributed by atoms with Crippen molar-refractivity contribution in [2.75, 3.05) is 0 Å². The smallest absolute Gasteiger partial charge is 0.144 e. The molecule has 0 radical (unpaired) electrons. The van der Waals surface area contributed by atoms with E-state index < -0.39 is 5.41 Å². The molecule has 3 aromatic rings. The topological polar surface area (TPSA) is 17.1 Å². The second-order valence-electron chi connectivity index (χ2n) is 5.97. The van der Waals surface area contributed by atoms with Crippen molar-refractivity contribution in [1.29, 1.82) is 0 Å². The van der Waals surface area contributed by atoms with Crippen LogP contribution >= 0.6 is 0 Å². The van der Waals surface area contributed by atoms with Gasteiger partial charge in [-0.1, -0.05) is 48.5 Å². The van der Waals surface area contributed by atoms with Crippen LogP contribution < -0.4 is 0 Å². The highest BCUT2D eigenvalue weighted by atomic mass is 16.1. The molecule has 1 unspecified atom stereocenters. The van der Waals surface area contributed by atoms with Crippen molar-refractivity contribution in [3.05, 3.63) is 71.8 Å². The van der Waals surface area contributed by atoms with Crippen LogP contribution in [0.1, 0.15) is 25.0 Å². The third-order valence-corrected chi connectivity index (χ3v) is 4.88. The number of benzene rings is 3. The lowest BCUT2D eigenvalue weighted by Gasteiger charge is -2.24. The van der Waals surface area contributed by atoms with Crippen LogP contribution in [0.5, 0.6) is 0 Å². The van der Waals surface area contributed by atoms with E-state index in [0.29, 0.717) is 0 Å². The van der Waals surface area contributed by atoms with Crippen LogP contribution in [0, 0.1) is 0 Å². The lowest BCUT2D eigenvalue weighted by atomic mass is 9.76. The summed E-state index contributed by atoms with van der Waals surface area (Å²) in [4.78, 5) is 12.4. The molecule has 0 bridgehead atoms. The fourth-order valence-electron chi connectivity index (χ4n) is 3.56. The lowest BCUT2D eigenvalue weighted by Crippen LogP contribution is -2.29. The first-order chi connectivity index (χ1) is 10.1. The van der Waals surface area contributed by atoms with Crippen molar-refractivity contribution in [3.8, 4) is 11.1 Å². The fraction of sp³-hybridized carbons (Fsp3) is 0.150. The maximum atomic E-state index is 12.4. The minimum absolute atomic E-state index is 0.198. The van der Waals surface area contributed by atoms with Gasteiger partial charge in [-0.2, -0.15) is 0 Å². The SMILES string of the molecule is CC(=O)C1(C)c2ccccc2-c2cc3ccccc3cc21. The zero-order valence-corrected chi connectivity index (χ0v) is 12.2. The van der Waals surface area contributed by atoms with Gasteiger partial charge in [-0.25, -0.2) is 0 Å². The molecule has 3 aromatic carbocycles. The summed E-state index contributed by atoms with van der Waals surface area (Å²) in [6, 6.07) is 21.0. The van der Waals surface area contributed by atoms with Crippen molar-refractivity contribution < 1.29 is 4.79 Å². The Kier molecular flexibility index (Phi) is 2.38. The Morgan fingerprint density at radius 2 is 1.43 bits per heavy atom. The number of ketones is 1. The minimum atomic E-state index is -0.532. The van der Waals surface area contributed by atoms with Crippen molar-refractivity contribution in [2.45, 2.75) is 19.3 Å². The van der Waals surface area contributed by atoms with Crippen LogP contribution in [0.25, 0.3) is 21.9 Å². The number of carbonyl (C=O) groups excluding carboxylic acids is 1. The van der Waals surface area contributed by atoms with Gasteiger partial charge in [-0.05, 0) is 59.0 Å². The largest absolute Gasteiger partial charge is 0.299 e. The number of Topliss-reactive ketones (excluding diaryl/α,β-unsaturated/α-hetero) is 1. The van der Waals surface area contributed by atoms with Gasteiger partial charge in [0.15, 0.2) is 0 Å². The van der Waals surface area contributed by atoms with E-state index in [-0.39, 0.29) is 5.78 Å². The Morgan fingerprint density at radius 1 is 0.810 bits per heavy atom. The van der Waals surface area contributed by atoms with Gasteiger partial charge in [0.25, 0.3) is 0 Å². The highest BCUT2D eigenvalue weighted by molar-refractivity contribution is 6.03. The Balaban J connectivity index is 2.16. The fourth-order valence-corrected chi connectivity index (χ4v) is 3.56. The second kappa shape index (κ2) is 4.05. The van der Waals surface area contributed by atoms with Crippen molar-refractivity contribution in [2.24, 2.45) is 0 Å². The monoisotopic (exact) mass is 272 g/mol. The van der Waals surface area contributed by atoms with Gasteiger partial charge in [0, 0.05) is 0 Å². The van der Waals surface area contributed by atoms with E-state index in [4.69, 9.17) is 0 Å². The molecule has 102 valence electrons. The number of hydrogen-bond acceptors (Lipinski definition) is 1. The van der Waals surface area contributed by atoms with Crippen LogP contribution in [-0.2, 0) is 10.2 Å². The summed E-state index contributed by atoms with van der Waals surface area (Å²) in [5.74, 6) is 0.198. The van der Waals surface area contributed by atoms with Crippen molar-refractivity contribution >= 4 is 16.6 Å². The standard InChI is InChI=1S/C20H16O/c1-13(21)20(2)18-10-6-5-9-16(18)17-11-14-7-3-4-8-15(14)12-19(17)20/h3-12H,1-2H3. The zero-order chi connectivity index (χ0) is 14.6. The highest BCUT2D eigenvalue weighted by Crippen LogP contribution is 2.50. The molecular weight excluding hydrogens is 256 g/mol. The maximum absolute atomic E-state index is 12.4. The lowest BCUT2D eigenvalue weighted by molar-refractivity contribution is -0.120. The molecule has 1 aliphatic rings. The predicted octanol–water partition coefficient (Wildman–Crippen LogP) is 4.72.